The van der Waals surface area contributed by atoms with Crippen molar-refractivity contribution in [3.8, 4) is 11.3 Å². The molecule has 1 aromatic carbocycles. The van der Waals surface area contributed by atoms with Crippen LogP contribution < -0.4 is 4.90 Å². The van der Waals surface area contributed by atoms with Crippen LogP contribution in [-0.4, -0.2) is 56.3 Å². The number of anilines is 1. The Morgan fingerprint density at radius 3 is 2.59 bits per heavy atom. The summed E-state index contributed by atoms with van der Waals surface area (Å²) in [4.78, 5) is 9.43. The molecule has 22 heavy (non-hydrogen) atoms. The van der Waals surface area contributed by atoms with Crippen LogP contribution >= 0.6 is 11.3 Å². The second kappa shape index (κ2) is 7.17. The van der Waals surface area contributed by atoms with Gasteiger partial charge in [0.05, 0.1) is 12.3 Å². The van der Waals surface area contributed by atoms with Gasteiger partial charge in [0.2, 0.25) is 0 Å². The maximum absolute atomic E-state index is 13.0. The van der Waals surface area contributed by atoms with Crippen LogP contribution in [0.4, 0.5) is 9.52 Å². The van der Waals surface area contributed by atoms with Gasteiger partial charge in [-0.1, -0.05) is 0 Å². The molecule has 3 rings (SSSR count). The molecule has 1 aromatic heterocycles. The predicted molar refractivity (Wildman–Crippen MR) is 88.0 cm³/mol. The number of halogens is 1. The summed E-state index contributed by atoms with van der Waals surface area (Å²) in [7, 11) is 1.74. The highest BCUT2D eigenvalue weighted by molar-refractivity contribution is 7.14. The summed E-state index contributed by atoms with van der Waals surface area (Å²) in [5.74, 6) is -0.216. The van der Waals surface area contributed by atoms with Crippen LogP contribution in [0.25, 0.3) is 11.3 Å². The van der Waals surface area contributed by atoms with Gasteiger partial charge >= 0.3 is 0 Å². The molecule has 0 radical (unpaired) electrons. The minimum atomic E-state index is -0.216. The van der Waals surface area contributed by atoms with E-state index < -0.39 is 0 Å². The molecule has 0 bridgehead atoms. The van der Waals surface area contributed by atoms with E-state index in [-0.39, 0.29) is 5.82 Å². The molecule has 0 atom stereocenters. The number of hydrogen-bond acceptors (Lipinski definition) is 5. The number of rotatable bonds is 5. The summed E-state index contributed by atoms with van der Waals surface area (Å²) in [6.07, 6.45) is 0. The highest BCUT2D eigenvalue weighted by Gasteiger charge is 2.19. The first kappa shape index (κ1) is 15.4. The predicted octanol–water partition coefficient (Wildman–Crippen LogP) is 2.72. The van der Waals surface area contributed by atoms with Crippen molar-refractivity contribution in [3.63, 3.8) is 0 Å². The van der Waals surface area contributed by atoms with Gasteiger partial charge in [-0.3, -0.25) is 4.90 Å². The van der Waals surface area contributed by atoms with Gasteiger partial charge in [0.15, 0.2) is 5.13 Å². The van der Waals surface area contributed by atoms with Gasteiger partial charge in [0.1, 0.15) is 5.82 Å². The van der Waals surface area contributed by atoms with Crippen LogP contribution in [0.15, 0.2) is 29.6 Å². The van der Waals surface area contributed by atoms with Gasteiger partial charge < -0.3 is 9.64 Å². The number of benzene rings is 1. The molecule has 0 saturated carbocycles. The number of aromatic nitrogens is 1. The van der Waals surface area contributed by atoms with Gasteiger partial charge in [0, 0.05) is 50.8 Å². The Hall–Kier alpha value is -1.50. The van der Waals surface area contributed by atoms with Gasteiger partial charge in [-0.05, 0) is 24.3 Å². The van der Waals surface area contributed by atoms with Crippen LogP contribution in [0.3, 0.4) is 0 Å². The van der Waals surface area contributed by atoms with Crippen molar-refractivity contribution in [3.05, 3.63) is 35.5 Å². The second-order valence-corrected chi connectivity index (χ2v) is 6.18. The summed E-state index contributed by atoms with van der Waals surface area (Å²) in [6, 6.07) is 6.50. The van der Waals surface area contributed by atoms with Crippen LogP contribution in [0.5, 0.6) is 0 Å². The Bertz CT molecular complexity index is 594. The summed E-state index contributed by atoms with van der Waals surface area (Å²) in [5, 5.41) is 3.09. The summed E-state index contributed by atoms with van der Waals surface area (Å²) < 4.78 is 18.1. The minimum absolute atomic E-state index is 0.216. The van der Waals surface area contributed by atoms with Crippen molar-refractivity contribution in [2.75, 3.05) is 51.3 Å². The second-order valence-electron chi connectivity index (χ2n) is 5.34. The van der Waals surface area contributed by atoms with E-state index in [2.05, 4.69) is 9.80 Å². The van der Waals surface area contributed by atoms with E-state index >= 15 is 0 Å². The van der Waals surface area contributed by atoms with E-state index in [9.17, 15) is 4.39 Å². The van der Waals surface area contributed by atoms with Crippen molar-refractivity contribution >= 4 is 16.5 Å². The van der Waals surface area contributed by atoms with E-state index in [0.29, 0.717) is 0 Å². The lowest BCUT2D eigenvalue weighted by Gasteiger charge is -2.34. The molecule has 1 aliphatic rings. The zero-order valence-corrected chi connectivity index (χ0v) is 13.5. The molecule has 4 nitrogen and oxygen atoms in total. The summed E-state index contributed by atoms with van der Waals surface area (Å²) in [5.41, 5.74) is 1.88. The molecule has 0 N–H and O–H groups in total. The molecule has 1 aliphatic heterocycles. The van der Waals surface area contributed by atoms with E-state index in [1.807, 2.05) is 5.38 Å². The maximum Gasteiger partial charge on any atom is 0.185 e. The quantitative estimate of drug-likeness (QED) is 0.847. The van der Waals surface area contributed by atoms with Crippen molar-refractivity contribution < 1.29 is 9.13 Å². The number of ether oxygens (including phenoxy) is 1. The molecule has 2 heterocycles. The fraction of sp³-hybridized carbons (Fsp3) is 0.438. The lowest BCUT2D eigenvalue weighted by atomic mass is 10.2. The molecule has 0 unspecified atom stereocenters. The Labute approximate surface area is 134 Å². The Balaban J connectivity index is 1.61. The highest BCUT2D eigenvalue weighted by atomic mass is 32.1. The van der Waals surface area contributed by atoms with E-state index in [4.69, 9.17) is 9.72 Å². The van der Waals surface area contributed by atoms with Crippen molar-refractivity contribution in [2.45, 2.75) is 0 Å². The van der Waals surface area contributed by atoms with Crippen LogP contribution in [-0.2, 0) is 4.74 Å². The Kier molecular flexibility index (Phi) is 5.02. The molecule has 1 fully saturated rings. The molecule has 118 valence electrons. The number of nitrogens with zero attached hydrogens (tertiary/aromatic N) is 3. The average molecular weight is 321 g/mol. The molecule has 2 aromatic rings. The first-order chi connectivity index (χ1) is 10.8. The number of methoxy groups -OCH3 is 1. The third kappa shape index (κ3) is 3.63. The van der Waals surface area contributed by atoms with Crippen LogP contribution in [0.2, 0.25) is 0 Å². The minimum Gasteiger partial charge on any atom is -0.383 e. The van der Waals surface area contributed by atoms with E-state index in [1.54, 1.807) is 30.6 Å². The lowest BCUT2D eigenvalue weighted by Crippen LogP contribution is -2.47. The molecule has 0 amide bonds. The fourth-order valence-electron chi connectivity index (χ4n) is 2.55. The number of thiazole rings is 1. The third-order valence-corrected chi connectivity index (χ3v) is 4.79. The third-order valence-electron chi connectivity index (χ3n) is 3.89. The zero-order chi connectivity index (χ0) is 15.4. The van der Waals surface area contributed by atoms with Gasteiger partial charge in [-0.15, -0.1) is 11.3 Å². The lowest BCUT2D eigenvalue weighted by molar-refractivity contribution is 0.144. The maximum atomic E-state index is 13.0. The molecule has 0 spiro atoms. The SMILES string of the molecule is COCCN1CCN(c2nc(-c3ccc(F)cc3)cs2)CC1. The highest BCUT2D eigenvalue weighted by Crippen LogP contribution is 2.28. The molecule has 6 heteroatoms. The zero-order valence-electron chi connectivity index (χ0n) is 12.7. The Morgan fingerprint density at radius 1 is 1.18 bits per heavy atom. The van der Waals surface area contributed by atoms with Crippen molar-refractivity contribution in [1.29, 1.82) is 0 Å². The fourth-order valence-corrected chi connectivity index (χ4v) is 3.43. The molecular weight excluding hydrogens is 301 g/mol. The smallest absolute Gasteiger partial charge is 0.185 e. The number of hydrogen-bond donors (Lipinski definition) is 0. The topological polar surface area (TPSA) is 28.6 Å². The van der Waals surface area contributed by atoms with Gasteiger partial charge in [-0.2, -0.15) is 0 Å². The first-order valence-corrected chi connectivity index (χ1v) is 8.32. The van der Waals surface area contributed by atoms with Crippen LogP contribution in [0.1, 0.15) is 0 Å². The van der Waals surface area contributed by atoms with Crippen molar-refractivity contribution in [2.24, 2.45) is 0 Å². The molecular formula is C16H20FN3OS. The monoisotopic (exact) mass is 321 g/mol. The first-order valence-electron chi connectivity index (χ1n) is 7.44. The summed E-state index contributed by atoms with van der Waals surface area (Å²) in [6.45, 7) is 5.82. The molecule has 1 saturated heterocycles. The summed E-state index contributed by atoms with van der Waals surface area (Å²) >= 11 is 1.65. The normalized spacial score (nSPS) is 16.2. The van der Waals surface area contributed by atoms with Gasteiger partial charge in [-0.25, -0.2) is 9.37 Å². The largest absolute Gasteiger partial charge is 0.383 e. The van der Waals surface area contributed by atoms with E-state index in [0.717, 1.165) is 55.7 Å². The van der Waals surface area contributed by atoms with Crippen molar-refractivity contribution in [1.82, 2.24) is 9.88 Å². The van der Waals surface area contributed by atoms with E-state index in [1.165, 1.54) is 12.1 Å². The molecule has 0 aliphatic carbocycles. The average Bonchev–Trinajstić information content (AvgIpc) is 3.04. The van der Waals surface area contributed by atoms with Crippen LogP contribution in [0, 0.1) is 5.82 Å². The Morgan fingerprint density at radius 2 is 1.91 bits per heavy atom. The standard InChI is InChI=1S/C16H20FN3OS/c1-21-11-10-19-6-8-20(9-7-19)16-18-15(12-22-16)13-2-4-14(17)5-3-13/h2-5,12H,6-11H2,1H3. The number of piperazine rings is 1. The van der Waals surface area contributed by atoms with Gasteiger partial charge in [0.25, 0.3) is 0 Å².